The van der Waals surface area contributed by atoms with Crippen LogP contribution in [0.5, 0.6) is 0 Å². The number of fused-ring (bicyclic) bond motifs is 1. The van der Waals surface area contributed by atoms with Gasteiger partial charge in [-0.3, -0.25) is 0 Å². The standard InChI is InChI=1S/C13H18O/c1-9(2)11-8-7-10-5-3-4-6-12(10)13(11)14/h3-6,9,11,13-14H,7-8H2,1-2H3. The first-order valence-corrected chi connectivity index (χ1v) is 5.46. The van der Waals surface area contributed by atoms with Gasteiger partial charge in [0.05, 0.1) is 6.10 Å². The number of rotatable bonds is 1. The van der Waals surface area contributed by atoms with E-state index >= 15 is 0 Å². The van der Waals surface area contributed by atoms with Gasteiger partial charge >= 0.3 is 0 Å². The molecular weight excluding hydrogens is 172 g/mol. The molecule has 0 aliphatic heterocycles. The van der Waals surface area contributed by atoms with Crippen LogP contribution < -0.4 is 0 Å². The number of benzene rings is 1. The van der Waals surface area contributed by atoms with Gasteiger partial charge in [-0.05, 0) is 35.8 Å². The van der Waals surface area contributed by atoms with E-state index in [2.05, 4.69) is 32.0 Å². The van der Waals surface area contributed by atoms with Gasteiger partial charge in [-0.2, -0.15) is 0 Å². The highest BCUT2D eigenvalue weighted by atomic mass is 16.3. The van der Waals surface area contributed by atoms with Crippen molar-refractivity contribution < 1.29 is 5.11 Å². The minimum absolute atomic E-state index is 0.250. The molecule has 1 aliphatic carbocycles. The van der Waals surface area contributed by atoms with Crippen LogP contribution >= 0.6 is 0 Å². The zero-order valence-corrected chi connectivity index (χ0v) is 8.90. The maximum absolute atomic E-state index is 10.2. The van der Waals surface area contributed by atoms with E-state index in [1.807, 2.05) is 6.07 Å². The Hall–Kier alpha value is -0.820. The first kappa shape index (κ1) is 9.72. The van der Waals surface area contributed by atoms with Gasteiger partial charge in [-0.15, -0.1) is 0 Å². The lowest BCUT2D eigenvalue weighted by Gasteiger charge is -2.32. The average Bonchev–Trinajstić information content (AvgIpc) is 2.18. The molecule has 2 atom stereocenters. The second-order valence-corrected chi connectivity index (χ2v) is 4.59. The molecule has 0 aromatic heterocycles. The summed E-state index contributed by atoms with van der Waals surface area (Å²) in [5, 5.41) is 10.2. The van der Waals surface area contributed by atoms with Crippen LogP contribution in [0.25, 0.3) is 0 Å². The van der Waals surface area contributed by atoms with Crippen LogP contribution in [0, 0.1) is 11.8 Å². The summed E-state index contributed by atoms with van der Waals surface area (Å²) < 4.78 is 0. The predicted molar refractivity (Wildman–Crippen MR) is 58.1 cm³/mol. The molecule has 0 saturated carbocycles. The second-order valence-electron chi connectivity index (χ2n) is 4.59. The Morgan fingerprint density at radius 1 is 1.29 bits per heavy atom. The van der Waals surface area contributed by atoms with Crippen molar-refractivity contribution >= 4 is 0 Å². The van der Waals surface area contributed by atoms with Gasteiger partial charge < -0.3 is 5.11 Å². The molecule has 2 rings (SSSR count). The predicted octanol–water partition coefficient (Wildman–Crippen LogP) is 2.94. The fraction of sp³-hybridized carbons (Fsp3) is 0.538. The lowest BCUT2D eigenvalue weighted by Crippen LogP contribution is -2.24. The molecule has 0 bridgehead atoms. The maximum atomic E-state index is 10.2. The molecule has 2 unspecified atom stereocenters. The molecule has 0 saturated heterocycles. The van der Waals surface area contributed by atoms with E-state index in [9.17, 15) is 5.11 Å². The molecule has 0 amide bonds. The van der Waals surface area contributed by atoms with Gasteiger partial charge in [0.1, 0.15) is 0 Å². The lowest BCUT2D eigenvalue weighted by atomic mass is 9.76. The molecule has 1 aliphatic rings. The summed E-state index contributed by atoms with van der Waals surface area (Å²) in [5.74, 6) is 1.00. The molecule has 1 aromatic carbocycles. The first-order valence-electron chi connectivity index (χ1n) is 5.46. The van der Waals surface area contributed by atoms with E-state index < -0.39 is 0 Å². The average molecular weight is 190 g/mol. The zero-order valence-electron chi connectivity index (χ0n) is 8.90. The van der Waals surface area contributed by atoms with Crippen molar-refractivity contribution in [3.63, 3.8) is 0 Å². The third-order valence-electron chi connectivity index (χ3n) is 3.38. The number of hydrogen-bond acceptors (Lipinski definition) is 1. The van der Waals surface area contributed by atoms with Gasteiger partial charge in [-0.25, -0.2) is 0 Å². The maximum Gasteiger partial charge on any atom is 0.0823 e. The van der Waals surface area contributed by atoms with Crippen LogP contribution in [0.2, 0.25) is 0 Å². The van der Waals surface area contributed by atoms with Crippen molar-refractivity contribution in [1.82, 2.24) is 0 Å². The van der Waals surface area contributed by atoms with Crippen molar-refractivity contribution in [2.45, 2.75) is 32.8 Å². The van der Waals surface area contributed by atoms with Gasteiger partial charge in [0.2, 0.25) is 0 Å². The third-order valence-corrected chi connectivity index (χ3v) is 3.38. The van der Waals surface area contributed by atoms with E-state index in [0.717, 1.165) is 18.4 Å². The Morgan fingerprint density at radius 3 is 2.71 bits per heavy atom. The monoisotopic (exact) mass is 190 g/mol. The Bertz CT molecular complexity index is 317. The normalized spacial score (nSPS) is 26.3. The smallest absolute Gasteiger partial charge is 0.0823 e. The molecule has 1 aromatic rings. The van der Waals surface area contributed by atoms with Gasteiger partial charge in [-0.1, -0.05) is 38.1 Å². The van der Waals surface area contributed by atoms with Crippen LogP contribution in [0.3, 0.4) is 0 Å². The van der Waals surface area contributed by atoms with Crippen molar-refractivity contribution in [3.05, 3.63) is 35.4 Å². The summed E-state index contributed by atoms with van der Waals surface area (Å²) in [5.41, 5.74) is 2.48. The van der Waals surface area contributed by atoms with Crippen molar-refractivity contribution in [2.24, 2.45) is 11.8 Å². The second kappa shape index (κ2) is 3.74. The molecule has 14 heavy (non-hydrogen) atoms. The molecule has 0 radical (unpaired) electrons. The highest BCUT2D eigenvalue weighted by Crippen LogP contribution is 2.37. The lowest BCUT2D eigenvalue weighted by molar-refractivity contribution is 0.0670. The van der Waals surface area contributed by atoms with Crippen LogP contribution in [0.15, 0.2) is 24.3 Å². The molecule has 0 spiro atoms. The van der Waals surface area contributed by atoms with Gasteiger partial charge in [0.25, 0.3) is 0 Å². The topological polar surface area (TPSA) is 20.2 Å². The summed E-state index contributed by atoms with van der Waals surface area (Å²) in [6.07, 6.45) is 1.99. The molecule has 76 valence electrons. The molecule has 1 N–H and O–H groups in total. The van der Waals surface area contributed by atoms with Crippen molar-refractivity contribution in [3.8, 4) is 0 Å². The summed E-state index contributed by atoms with van der Waals surface area (Å²) in [7, 11) is 0. The molecule has 0 fully saturated rings. The van der Waals surface area contributed by atoms with Gasteiger partial charge in [0.15, 0.2) is 0 Å². The van der Waals surface area contributed by atoms with Crippen LogP contribution in [0.4, 0.5) is 0 Å². The molecule has 1 nitrogen and oxygen atoms in total. The van der Waals surface area contributed by atoms with Crippen molar-refractivity contribution in [2.75, 3.05) is 0 Å². The van der Waals surface area contributed by atoms with E-state index in [0.29, 0.717) is 11.8 Å². The fourth-order valence-corrected chi connectivity index (χ4v) is 2.46. The fourth-order valence-electron chi connectivity index (χ4n) is 2.46. The summed E-state index contributed by atoms with van der Waals surface area (Å²) in [4.78, 5) is 0. The quantitative estimate of drug-likeness (QED) is 0.722. The Morgan fingerprint density at radius 2 is 2.00 bits per heavy atom. The number of aryl methyl sites for hydroxylation is 1. The molecular formula is C13H18O. The van der Waals surface area contributed by atoms with E-state index in [-0.39, 0.29) is 6.10 Å². The summed E-state index contributed by atoms with van der Waals surface area (Å²) in [6, 6.07) is 8.27. The number of hydrogen-bond donors (Lipinski definition) is 1. The zero-order chi connectivity index (χ0) is 10.1. The van der Waals surface area contributed by atoms with Crippen LogP contribution in [-0.2, 0) is 6.42 Å². The largest absolute Gasteiger partial charge is 0.388 e. The Kier molecular flexibility index (Phi) is 2.60. The Balaban J connectivity index is 2.31. The minimum Gasteiger partial charge on any atom is -0.388 e. The van der Waals surface area contributed by atoms with Crippen LogP contribution in [0.1, 0.15) is 37.5 Å². The SMILES string of the molecule is CC(C)C1CCc2ccccc2C1O. The third kappa shape index (κ3) is 1.57. The van der Waals surface area contributed by atoms with E-state index in [4.69, 9.17) is 0 Å². The summed E-state index contributed by atoms with van der Waals surface area (Å²) in [6.45, 7) is 4.39. The molecule has 0 heterocycles. The number of aliphatic hydroxyl groups excluding tert-OH is 1. The first-order chi connectivity index (χ1) is 6.70. The van der Waals surface area contributed by atoms with Gasteiger partial charge in [0, 0.05) is 0 Å². The minimum atomic E-state index is -0.250. The number of aliphatic hydroxyl groups is 1. The molecule has 1 heteroatoms. The van der Waals surface area contributed by atoms with Crippen LogP contribution in [-0.4, -0.2) is 5.11 Å². The Labute approximate surface area is 85.8 Å². The highest BCUT2D eigenvalue weighted by Gasteiger charge is 2.29. The summed E-state index contributed by atoms with van der Waals surface area (Å²) >= 11 is 0. The van der Waals surface area contributed by atoms with Crippen molar-refractivity contribution in [1.29, 1.82) is 0 Å². The van der Waals surface area contributed by atoms with E-state index in [1.54, 1.807) is 0 Å². The highest BCUT2D eigenvalue weighted by molar-refractivity contribution is 5.31. The van der Waals surface area contributed by atoms with E-state index in [1.165, 1.54) is 5.56 Å².